The van der Waals surface area contributed by atoms with E-state index >= 15 is 0 Å². The van der Waals surface area contributed by atoms with Gasteiger partial charge in [-0.3, -0.25) is 4.79 Å². The molecule has 0 radical (unpaired) electrons. The summed E-state index contributed by atoms with van der Waals surface area (Å²) in [5, 5.41) is 0. The predicted molar refractivity (Wildman–Crippen MR) is 41.6 cm³/mol. The van der Waals surface area contributed by atoms with E-state index in [-0.39, 0.29) is 6.42 Å². The SMILES string of the molecule is CCCC(OC(=O)CCl)C(F)(F)F. The van der Waals surface area contributed by atoms with Crippen LogP contribution in [0.4, 0.5) is 13.2 Å². The minimum absolute atomic E-state index is 0.230. The molecule has 0 aliphatic heterocycles. The smallest absolute Gasteiger partial charge is 0.425 e. The molecule has 0 bridgehead atoms. The Morgan fingerprint density at radius 1 is 1.54 bits per heavy atom. The molecule has 78 valence electrons. The first-order valence-corrected chi connectivity index (χ1v) is 4.27. The van der Waals surface area contributed by atoms with Gasteiger partial charge in [-0.2, -0.15) is 13.2 Å². The van der Waals surface area contributed by atoms with E-state index in [2.05, 4.69) is 4.74 Å². The van der Waals surface area contributed by atoms with Crippen LogP contribution < -0.4 is 0 Å². The number of hydrogen-bond acceptors (Lipinski definition) is 2. The van der Waals surface area contributed by atoms with Crippen molar-refractivity contribution in [1.29, 1.82) is 0 Å². The molecule has 0 saturated carbocycles. The van der Waals surface area contributed by atoms with E-state index in [9.17, 15) is 18.0 Å². The third-order valence-corrected chi connectivity index (χ3v) is 1.52. The highest BCUT2D eigenvalue weighted by molar-refractivity contribution is 6.26. The van der Waals surface area contributed by atoms with Crippen molar-refractivity contribution in [3.05, 3.63) is 0 Å². The number of hydrogen-bond donors (Lipinski definition) is 0. The number of carbonyl (C=O) groups excluding carboxylic acids is 1. The van der Waals surface area contributed by atoms with Gasteiger partial charge in [-0.1, -0.05) is 13.3 Å². The quantitative estimate of drug-likeness (QED) is 0.535. The van der Waals surface area contributed by atoms with Crippen molar-refractivity contribution < 1.29 is 22.7 Å². The van der Waals surface area contributed by atoms with Crippen LogP contribution in [-0.4, -0.2) is 24.1 Å². The molecular weight excluding hydrogens is 209 g/mol. The van der Waals surface area contributed by atoms with Crippen molar-refractivity contribution in [3.63, 3.8) is 0 Å². The van der Waals surface area contributed by atoms with E-state index in [0.29, 0.717) is 6.42 Å². The van der Waals surface area contributed by atoms with E-state index in [4.69, 9.17) is 11.6 Å². The first-order valence-electron chi connectivity index (χ1n) is 3.74. The van der Waals surface area contributed by atoms with Crippen LogP contribution >= 0.6 is 11.6 Å². The topological polar surface area (TPSA) is 26.3 Å². The molecule has 0 heterocycles. The number of rotatable bonds is 4. The summed E-state index contributed by atoms with van der Waals surface area (Å²) in [5.74, 6) is -1.60. The van der Waals surface area contributed by atoms with Crippen LogP contribution in [0.25, 0.3) is 0 Å². The van der Waals surface area contributed by atoms with E-state index in [0.717, 1.165) is 0 Å². The summed E-state index contributed by atoms with van der Waals surface area (Å²) in [6, 6.07) is 0. The van der Waals surface area contributed by atoms with Gasteiger partial charge in [-0.25, -0.2) is 0 Å². The summed E-state index contributed by atoms with van der Waals surface area (Å²) in [5.41, 5.74) is 0. The molecule has 13 heavy (non-hydrogen) atoms. The average molecular weight is 219 g/mol. The Bertz CT molecular complexity index is 170. The molecule has 0 aromatic rings. The Morgan fingerprint density at radius 3 is 2.38 bits per heavy atom. The fraction of sp³-hybridized carbons (Fsp3) is 0.857. The predicted octanol–water partition coefficient (Wildman–Crippen LogP) is 2.50. The van der Waals surface area contributed by atoms with E-state index in [1.54, 1.807) is 6.92 Å². The number of carbonyl (C=O) groups is 1. The minimum Gasteiger partial charge on any atom is -0.452 e. The fourth-order valence-electron chi connectivity index (χ4n) is 0.742. The fourth-order valence-corrected chi connectivity index (χ4v) is 0.805. The molecule has 1 unspecified atom stereocenters. The third kappa shape index (κ3) is 4.98. The first kappa shape index (κ1) is 12.6. The maximum Gasteiger partial charge on any atom is 0.425 e. The normalized spacial score (nSPS) is 13.9. The second kappa shape index (κ2) is 5.32. The minimum atomic E-state index is -4.50. The van der Waals surface area contributed by atoms with E-state index in [1.807, 2.05) is 0 Å². The van der Waals surface area contributed by atoms with Gasteiger partial charge in [0.2, 0.25) is 0 Å². The van der Waals surface area contributed by atoms with Crippen molar-refractivity contribution in [1.82, 2.24) is 0 Å². The van der Waals surface area contributed by atoms with Crippen molar-refractivity contribution in [2.45, 2.75) is 32.0 Å². The molecule has 0 aliphatic carbocycles. The van der Waals surface area contributed by atoms with Crippen molar-refractivity contribution >= 4 is 17.6 Å². The van der Waals surface area contributed by atoms with Crippen LogP contribution in [0, 0.1) is 0 Å². The Balaban J connectivity index is 4.18. The zero-order chi connectivity index (χ0) is 10.5. The average Bonchev–Trinajstić information content (AvgIpc) is 2.01. The zero-order valence-corrected chi connectivity index (χ0v) is 7.78. The van der Waals surface area contributed by atoms with Gasteiger partial charge in [0.25, 0.3) is 0 Å². The van der Waals surface area contributed by atoms with Crippen LogP contribution in [0.1, 0.15) is 19.8 Å². The van der Waals surface area contributed by atoms with Crippen LogP contribution in [-0.2, 0) is 9.53 Å². The van der Waals surface area contributed by atoms with Crippen LogP contribution in [0.3, 0.4) is 0 Å². The lowest BCUT2D eigenvalue weighted by atomic mass is 10.2. The van der Waals surface area contributed by atoms with Crippen LogP contribution in [0.2, 0.25) is 0 Å². The Labute approximate surface area is 79.0 Å². The molecule has 0 N–H and O–H groups in total. The maximum atomic E-state index is 12.1. The summed E-state index contributed by atoms with van der Waals surface area (Å²) in [4.78, 5) is 10.5. The maximum absolute atomic E-state index is 12.1. The molecule has 0 rings (SSSR count). The van der Waals surface area contributed by atoms with Gasteiger partial charge in [-0.05, 0) is 6.42 Å². The molecule has 6 heteroatoms. The van der Waals surface area contributed by atoms with Crippen LogP contribution in [0.5, 0.6) is 0 Å². The monoisotopic (exact) mass is 218 g/mol. The van der Waals surface area contributed by atoms with Gasteiger partial charge in [0, 0.05) is 0 Å². The number of esters is 1. The zero-order valence-electron chi connectivity index (χ0n) is 7.03. The largest absolute Gasteiger partial charge is 0.452 e. The summed E-state index contributed by atoms with van der Waals surface area (Å²) >= 11 is 5.00. The summed E-state index contributed by atoms with van der Waals surface area (Å²) < 4.78 is 40.4. The first-order chi connectivity index (χ1) is 5.91. The second-order valence-corrected chi connectivity index (χ2v) is 2.71. The standard InChI is InChI=1S/C7H10ClF3O2/c1-2-3-5(7(9,10)11)13-6(12)4-8/h5H,2-4H2,1H3. The molecule has 0 spiro atoms. The summed E-state index contributed by atoms with van der Waals surface area (Å²) in [6.45, 7) is 1.58. The lowest BCUT2D eigenvalue weighted by Crippen LogP contribution is -2.34. The van der Waals surface area contributed by atoms with Crippen LogP contribution in [0.15, 0.2) is 0 Å². The van der Waals surface area contributed by atoms with Gasteiger partial charge in [0.05, 0.1) is 0 Å². The molecule has 0 fully saturated rings. The van der Waals surface area contributed by atoms with Gasteiger partial charge in [0.15, 0.2) is 6.10 Å². The van der Waals surface area contributed by atoms with Gasteiger partial charge in [-0.15, -0.1) is 11.6 Å². The van der Waals surface area contributed by atoms with E-state index in [1.165, 1.54) is 0 Å². The number of halogens is 4. The van der Waals surface area contributed by atoms with E-state index < -0.39 is 24.1 Å². The van der Waals surface area contributed by atoms with Gasteiger partial charge < -0.3 is 4.74 Å². The number of ether oxygens (including phenoxy) is 1. The number of alkyl halides is 4. The lowest BCUT2D eigenvalue weighted by Gasteiger charge is -2.19. The molecule has 0 aliphatic rings. The Hall–Kier alpha value is -0.450. The Kier molecular flexibility index (Phi) is 5.13. The van der Waals surface area contributed by atoms with Crippen molar-refractivity contribution in [3.8, 4) is 0 Å². The van der Waals surface area contributed by atoms with Crippen molar-refractivity contribution in [2.75, 3.05) is 5.88 Å². The molecular formula is C7H10ClF3O2. The molecule has 0 saturated heterocycles. The summed E-state index contributed by atoms with van der Waals surface area (Å²) in [7, 11) is 0. The van der Waals surface area contributed by atoms with Gasteiger partial charge in [0.1, 0.15) is 5.88 Å². The molecule has 0 aromatic carbocycles. The lowest BCUT2D eigenvalue weighted by molar-refractivity contribution is -0.221. The highest BCUT2D eigenvalue weighted by Crippen LogP contribution is 2.26. The Morgan fingerprint density at radius 2 is 2.08 bits per heavy atom. The highest BCUT2D eigenvalue weighted by Gasteiger charge is 2.41. The third-order valence-electron chi connectivity index (χ3n) is 1.30. The molecule has 0 amide bonds. The van der Waals surface area contributed by atoms with Crippen molar-refractivity contribution in [2.24, 2.45) is 0 Å². The highest BCUT2D eigenvalue weighted by atomic mass is 35.5. The molecule has 0 aromatic heterocycles. The van der Waals surface area contributed by atoms with Gasteiger partial charge >= 0.3 is 12.1 Å². The molecule has 1 atom stereocenters. The summed E-state index contributed by atoms with van der Waals surface area (Å²) in [6.07, 6.45) is -6.47. The molecule has 2 nitrogen and oxygen atoms in total. The second-order valence-electron chi connectivity index (χ2n) is 2.44.